The third-order valence-corrected chi connectivity index (χ3v) is 4.53. The van der Waals surface area contributed by atoms with Gasteiger partial charge in [-0.2, -0.15) is 0 Å². The van der Waals surface area contributed by atoms with Gasteiger partial charge in [0.1, 0.15) is 6.04 Å². The zero-order valence-electron chi connectivity index (χ0n) is 12.0. The van der Waals surface area contributed by atoms with E-state index >= 15 is 0 Å². The SMILES string of the molecule is CCCCCCCCCCS(=O)(=O)N[C@@H](C)C(=O)O. The van der Waals surface area contributed by atoms with Gasteiger partial charge in [-0.05, 0) is 13.3 Å². The van der Waals surface area contributed by atoms with E-state index in [-0.39, 0.29) is 5.75 Å². The maximum atomic E-state index is 11.5. The molecule has 0 aromatic heterocycles. The van der Waals surface area contributed by atoms with Gasteiger partial charge in [0.2, 0.25) is 10.0 Å². The van der Waals surface area contributed by atoms with Crippen LogP contribution >= 0.6 is 0 Å². The van der Waals surface area contributed by atoms with Crippen molar-refractivity contribution >= 4 is 16.0 Å². The Bertz CT molecular complexity index is 341. The van der Waals surface area contributed by atoms with Crippen molar-refractivity contribution in [1.29, 1.82) is 0 Å². The van der Waals surface area contributed by atoms with E-state index in [0.717, 1.165) is 19.3 Å². The molecule has 0 aromatic rings. The van der Waals surface area contributed by atoms with Crippen LogP contribution < -0.4 is 4.72 Å². The Morgan fingerprint density at radius 2 is 1.53 bits per heavy atom. The quantitative estimate of drug-likeness (QED) is 0.542. The van der Waals surface area contributed by atoms with Crippen molar-refractivity contribution in [3.8, 4) is 0 Å². The van der Waals surface area contributed by atoms with E-state index in [1.165, 1.54) is 32.6 Å². The lowest BCUT2D eigenvalue weighted by Crippen LogP contribution is -2.39. The third-order valence-electron chi connectivity index (χ3n) is 2.99. The lowest BCUT2D eigenvalue weighted by molar-refractivity contribution is -0.138. The van der Waals surface area contributed by atoms with E-state index in [9.17, 15) is 13.2 Å². The average Bonchev–Trinajstić information content (AvgIpc) is 2.31. The molecule has 0 spiro atoms. The topological polar surface area (TPSA) is 83.5 Å². The Morgan fingerprint density at radius 1 is 1.05 bits per heavy atom. The summed E-state index contributed by atoms with van der Waals surface area (Å²) in [4.78, 5) is 10.6. The number of rotatable bonds is 12. The van der Waals surface area contributed by atoms with E-state index in [0.29, 0.717) is 6.42 Å². The van der Waals surface area contributed by atoms with Crippen molar-refractivity contribution in [1.82, 2.24) is 4.72 Å². The van der Waals surface area contributed by atoms with Gasteiger partial charge < -0.3 is 5.11 Å². The molecule has 0 aromatic carbocycles. The Morgan fingerprint density at radius 3 is 2.00 bits per heavy atom. The van der Waals surface area contributed by atoms with Gasteiger partial charge in [0.25, 0.3) is 0 Å². The molecule has 114 valence electrons. The van der Waals surface area contributed by atoms with Crippen LogP contribution in [0.3, 0.4) is 0 Å². The highest BCUT2D eigenvalue weighted by Crippen LogP contribution is 2.09. The van der Waals surface area contributed by atoms with Gasteiger partial charge in [0.15, 0.2) is 0 Å². The van der Waals surface area contributed by atoms with Gasteiger partial charge in [-0.15, -0.1) is 0 Å². The number of carboxylic acid groups (broad SMARTS) is 1. The largest absolute Gasteiger partial charge is 0.480 e. The second-order valence-corrected chi connectivity index (χ2v) is 6.84. The maximum absolute atomic E-state index is 11.5. The normalized spacial score (nSPS) is 13.4. The highest BCUT2D eigenvalue weighted by molar-refractivity contribution is 7.89. The molecular weight excluding hydrogens is 266 g/mol. The number of nitrogens with one attached hydrogen (secondary N) is 1. The Hall–Kier alpha value is -0.620. The van der Waals surface area contributed by atoms with Gasteiger partial charge in [0.05, 0.1) is 5.75 Å². The molecule has 0 unspecified atom stereocenters. The predicted molar refractivity (Wildman–Crippen MR) is 76.6 cm³/mol. The summed E-state index contributed by atoms with van der Waals surface area (Å²) >= 11 is 0. The zero-order valence-corrected chi connectivity index (χ0v) is 12.8. The van der Waals surface area contributed by atoms with Crippen molar-refractivity contribution in [2.75, 3.05) is 5.75 Å². The summed E-state index contributed by atoms with van der Waals surface area (Å²) in [5.74, 6) is -1.14. The summed E-state index contributed by atoms with van der Waals surface area (Å²) in [7, 11) is -3.46. The molecule has 0 aliphatic carbocycles. The smallest absolute Gasteiger partial charge is 0.321 e. The summed E-state index contributed by atoms with van der Waals surface area (Å²) in [6, 6.07) is -1.06. The maximum Gasteiger partial charge on any atom is 0.321 e. The highest BCUT2D eigenvalue weighted by Gasteiger charge is 2.18. The molecule has 0 aliphatic rings. The van der Waals surface area contributed by atoms with Crippen molar-refractivity contribution < 1.29 is 18.3 Å². The molecule has 6 heteroatoms. The van der Waals surface area contributed by atoms with Gasteiger partial charge in [0, 0.05) is 0 Å². The van der Waals surface area contributed by atoms with Gasteiger partial charge in [-0.1, -0.05) is 51.9 Å². The van der Waals surface area contributed by atoms with Crippen molar-refractivity contribution in [2.24, 2.45) is 0 Å². The first-order valence-electron chi connectivity index (χ1n) is 7.12. The molecule has 0 fully saturated rings. The fourth-order valence-electron chi connectivity index (χ4n) is 1.80. The van der Waals surface area contributed by atoms with Gasteiger partial charge in [-0.3, -0.25) is 4.79 Å². The number of unbranched alkanes of at least 4 members (excludes halogenated alkanes) is 7. The van der Waals surface area contributed by atoms with Crippen LogP contribution in [-0.4, -0.2) is 31.3 Å². The van der Waals surface area contributed by atoms with Crippen LogP contribution in [0.5, 0.6) is 0 Å². The summed E-state index contributed by atoms with van der Waals surface area (Å²) in [6.07, 6.45) is 8.65. The van der Waals surface area contributed by atoms with Crippen LogP contribution in [0.1, 0.15) is 65.2 Å². The monoisotopic (exact) mass is 293 g/mol. The standard InChI is InChI=1S/C13H27NO4S/c1-3-4-5-6-7-8-9-10-11-19(17,18)14-12(2)13(15)16/h12,14H,3-11H2,1-2H3,(H,15,16)/t12-/m0/s1. The molecule has 0 saturated carbocycles. The molecule has 0 saturated heterocycles. The van der Waals surface area contributed by atoms with Crippen molar-refractivity contribution in [3.63, 3.8) is 0 Å². The van der Waals surface area contributed by atoms with Gasteiger partial charge >= 0.3 is 5.97 Å². The highest BCUT2D eigenvalue weighted by atomic mass is 32.2. The van der Waals surface area contributed by atoms with Gasteiger partial charge in [-0.25, -0.2) is 13.1 Å². The second kappa shape index (κ2) is 10.2. The Labute approximate surface area is 116 Å². The molecule has 5 nitrogen and oxygen atoms in total. The molecule has 0 rings (SSSR count). The van der Waals surface area contributed by atoms with E-state index in [1.807, 2.05) is 0 Å². The average molecular weight is 293 g/mol. The van der Waals surface area contributed by atoms with Crippen molar-refractivity contribution in [2.45, 2.75) is 71.3 Å². The van der Waals surface area contributed by atoms with Crippen LogP contribution in [0.25, 0.3) is 0 Å². The summed E-state index contributed by atoms with van der Waals surface area (Å²) < 4.78 is 25.2. The summed E-state index contributed by atoms with van der Waals surface area (Å²) in [5.41, 5.74) is 0. The molecule has 0 heterocycles. The predicted octanol–water partition coefficient (Wildman–Crippen LogP) is 2.52. The Balaban J connectivity index is 3.62. The van der Waals surface area contributed by atoms with Crippen LogP contribution in [0, 0.1) is 0 Å². The number of carbonyl (C=O) groups is 1. The molecule has 1 atom stereocenters. The molecule has 19 heavy (non-hydrogen) atoms. The molecular formula is C13H27NO4S. The molecule has 0 radical (unpaired) electrons. The Kier molecular flexibility index (Phi) is 9.87. The van der Waals surface area contributed by atoms with E-state index in [2.05, 4.69) is 11.6 Å². The van der Waals surface area contributed by atoms with E-state index in [1.54, 1.807) is 0 Å². The molecule has 2 N–H and O–H groups in total. The number of carboxylic acids is 1. The minimum Gasteiger partial charge on any atom is -0.480 e. The third kappa shape index (κ3) is 10.9. The van der Waals surface area contributed by atoms with E-state index in [4.69, 9.17) is 5.11 Å². The zero-order chi connectivity index (χ0) is 14.7. The number of hydrogen-bond donors (Lipinski definition) is 2. The minimum atomic E-state index is -3.46. The van der Waals surface area contributed by atoms with Crippen LogP contribution in [0.15, 0.2) is 0 Å². The molecule has 0 bridgehead atoms. The molecule has 0 aliphatic heterocycles. The number of hydrogen-bond acceptors (Lipinski definition) is 3. The lowest BCUT2D eigenvalue weighted by atomic mass is 10.1. The first-order valence-corrected chi connectivity index (χ1v) is 8.77. The first kappa shape index (κ1) is 18.4. The second-order valence-electron chi connectivity index (χ2n) is 4.97. The van der Waals surface area contributed by atoms with Crippen molar-refractivity contribution in [3.05, 3.63) is 0 Å². The first-order chi connectivity index (χ1) is 8.89. The fourth-order valence-corrected chi connectivity index (χ4v) is 3.15. The fraction of sp³-hybridized carbons (Fsp3) is 0.923. The summed E-state index contributed by atoms with van der Waals surface area (Å²) in [5, 5.41) is 8.63. The molecule has 0 amide bonds. The van der Waals surface area contributed by atoms with Crippen LogP contribution in [0.4, 0.5) is 0 Å². The van der Waals surface area contributed by atoms with Crippen LogP contribution in [-0.2, 0) is 14.8 Å². The minimum absolute atomic E-state index is 0.0135. The lowest BCUT2D eigenvalue weighted by Gasteiger charge is -2.09. The van der Waals surface area contributed by atoms with Crippen LogP contribution in [0.2, 0.25) is 0 Å². The number of aliphatic carboxylic acids is 1. The number of sulfonamides is 1. The van der Waals surface area contributed by atoms with E-state index < -0.39 is 22.0 Å². The summed E-state index contributed by atoms with van der Waals surface area (Å²) in [6.45, 7) is 3.50.